The lowest BCUT2D eigenvalue weighted by Crippen LogP contribution is -2.64. The van der Waals surface area contributed by atoms with Crippen LogP contribution in [-0.4, -0.2) is 33.8 Å². The van der Waals surface area contributed by atoms with Crippen LogP contribution in [0.25, 0.3) is 0 Å². The molecule has 1 aromatic rings. The Morgan fingerprint density at radius 2 is 2.10 bits per heavy atom. The summed E-state index contributed by atoms with van der Waals surface area (Å²) in [6.07, 6.45) is 3.17. The highest BCUT2D eigenvalue weighted by Gasteiger charge is 2.41. The number of carbonyl (C=O) groups is 2. The van der Waals surface area contributed by atoms with Crippen molar-refractivity contribution in [3.05, 3.63) is 30.1 Å². The average Bonchev–Trinajstić information content (AvgIpc) is 2.51. The van der Waals surface area contributed by atoms with Crippen molar-refractivity contribution in [3.63, 3.8) is 0 Å². The van der Waals surface area contributed by atoms with Gasteiger partial charge in [-0.25, -0.2) is 0 Å². The lowest BCUT2D eigenvalue weighted by atomic mass is 9.93. The van der Waals surface area contributed by atoms with Gasteiger partial charge in [-0.2, -0.15) is 0 Å². The normalized spacial score (nSPS) is 23.9. The molecule has 5 nitrogen and oxygen atoms in total. The number of rotatable bonds is 5. The maximum absolute atomic E-state index is 12.7. The Labute approximate surface area is 125 Å². The number of carbonyl (C=O) groups excluding carboxylic acids is 2. The smallest absolute Gasteiger partial charge is 0.246 e. The fourth-order valence-electron chi connectivity index (χ4n) is 2.67. The molecule has 3 atom stereocenters. The highest BCUT2D eigenvalue weighted by Crippen LogP contribution is 2.21. The summed E-state index contributed by atoms with van der Waals surface area (Å²) in [7, 11) is 0. The Kier molecular flexibility index (Phi) is 4.94. The minimum atomic E-state index is -0.422. The molecule has 1 aliphatic rings. The van der Waals surface area contributed by atoms with Crippen LogP contribution >= 0.6 is 0 Å². The molecule has 2 amide bonds. The van der Waals surface area contributed by atoms with Gasteiger partial charge in [-0.15, -0.1) is 0 Å². The summed E-state index contributed by atoms with van der Waals surface area (Å²) >= 11 is 0. The quantitative estimate of drug-likeness (QED) is 0.898. The van der Waals surface area contributed by atoms with Gasteiger partial charge in [-0.05, 0) is 24.5 Å². The summed E-state index contributed by atoms with van der Waals surface area (Å²) in [5, 5.41) is 2.88. The number of aromatic nitrogens is 1. The predicted octanol–water partition coefficient (Wildman–Crippen LogP) is 1.73. The summed E-state index contributed by atoms with van der Waals surface area (Å²) in [5.74, 6) is 0.0743. The highest BCUT2D eigenvalue weighted by molar-refractivity contribution is 5.97. The molecule has 0 saturated carbocycles. The molecule has 1 N–H and O–H groups in total. The maximum atomic E-state index is 12.7. The minimum Gasteiger partial charge on any atom is -0.342 e. The average molecular weight is 289 g/mol. The number of piperazine rings is 1. The van der Waals surface area contributed by atoms with E-state index in [9.17, 15) is 9.59 Å². The van der Waals surface area contributed by atoms with Crippen LogP contribution < -0.4 is 5.32 Å². The number of hydrogen-bond acceptors (Lipinski definition) is 3. The van der Waals surface area contributed by atoms with Crippen LogP contribution in [0.15, 0.2) is 24.4 Å². The first kappa shape index (κ1) is 15.5. The molecule has 1 fully saturated rings. The van der Waals surface area contributed by atoms with E-state index in [-0.39, 0.29) is 17.7 Å². The molecule has 0 spiro atoms. The van der Waals surface area contributed by atoms with E-state index in [2.05, 4.69) is 10.3 Å². The first-order valence-electron chi connectivity index (χ1n) is 7.59. The van der Waals surface area contributed by atoms with Crippen molar-refractivity contribution in [1.82, 2.24) is 15.2 Å². The fraction of sp³-hybridized carbons (Fsp3) is 0.562. The van der Waals surface area contributed by atoms with Gasteiger partial charge >= 0.3 is 0 Å². The number of pyridine rings is 1. The molecule has 0 aromatic carbocycles. The van der Waals surface area contributed by atoms with E-state index in [0.29, 0.717) is 13.0 Å². The summed E-state index contributed by atoms with van der Waals surface area (Å²) in [5.41, 5.74) is 0.807. The van der Waals surface area contributed by atoms with Gasteiger partial charge < -0.3 is 10.2 Å². The van der Waals surface area contributed by atoms with Gasteiger partial charge in [0.25, 0.3) is 0 Å². The van der Waals surface area contributed by atoms with Crippen molar-refractivity contribution in [2.75, 3.05) is 0 Å². The Bertz CT molecular complexity index is 504. The van der Waals surface area contributed by atoms with Crippen LogP contribution in [0, 0.1) is 5.92 Å². The molecule has 21 heavy (non-hydrogen) atoms. The molecule has 2 rings (SSSR count). The zero-order valence-electron chi connectivity index (χ0n) is 12.9. The maximum Gasteiger partial charge on any atom is 0.246 e. The van der Waals surface area contributed by atoms with Crippen molar-refractivity contribution in [3.8, 4) is 0 Å². The molecule has 0 radical (unpaired) electrons. The lowest BCUT2D eigenvalue weighted by molar-refractivity contribution is -0.151. The van der Waals surface area contributed by atoms with Crippen molar-refractivity contribution in [1.29, 1.82) is 0 Å². The van der Waals surface area contributed by atoms with E-state index in [0.717, 1.165) is 12.1 Å². The zero-order chi connectivity index (χ0) is 15.4. The van der Waals surface area contributed by atoms with E-state index in [1.54, 1.807) is 11.1 Å². The van der Waals surface area contributed by atoms with Crippen molar-refractivity contribution in [2.45, 2.75) is 52.2 Å². The Morgan fingerprint density at radius 3 is 2.67 bits per heavy atom. The molecule has 3 unspecified atom stereocenters. The van der Waals surface area contributed by atoms with Gasteiger partial charge in [0.1, 0.15) is 12.1 Å². The molecule has 0 aliphatic carbocycles. The van der Waals surface area contributed by atoms with E-state index in [4.69, 9.17) is 0 Å². The van der Waals surface area contributed by atoms with Crippen molar-refractivity contribution >= 4 is 11.8 Å². The molecular weight excluding hydrogens is 266 g/mol. The molecule has 2 heterocycles. The van der Waals surface area contributed by atoms with E-state index in [1.165, 1.54) is 0 Å². The predicted molar refractivity (Wildman–Crippen MR) is 80.3 cm³/mol. The van der Waals surface area contributed by atoms with Crippen molar-refractivity contribution in [2.24, 2.45) is 5.92 Å². The van der Waals surface area contributed by atoms with E-state index < -0.39 is 12.1 Å². The van der Waals surface area contributed by atoms with Crippen LogP contribution in [0.3, 0.4) is 0 Å². The Balaban J connectivity index is 2.24. The number of hydrogen-bond donors (Lipinski definition) is 1. The third kappa shape index (κ3) is 3.23. The SMILES string of the molecule is CCC(C)C1NC(=O)C(CC)N(Cc2ccccn2)C1=O. The van der Waals surface area contributed by atoms with Gasteiger partial charge in [-0.1, -0.05) is 33.3 Å². The van der Waals surface area contributed by atoms with Gasteiger partial charge in [0.05, 0.1) is 12.2 Å². The van der Waals surface area contributed by atoms with E-state index >= 15 is 0 Å². The van der Waals surface area contributed by atoms with Gasteiger partial charge in [-0.3, -0.25) is 14.6 Å². The van der Waals surface area contributed by atoms with Crippen LogP contribution in [0.5, 0.6) is 0 Å². The van der Waals surface area contributed by atoms with Crippen LogP contribution in [0.2, 0.25) is 0 Å². The first-order chi connectivity index (χ1) is 10.1. The molecule has 5 heteroatoms. The second-order valence-corrected chi connectivity index (χ2v) is 5.58. The van der Waals surface area contributed by atoms with Gasteiger partial charge in [0.2, 0.25) is 11.8 Å². The number of amides is 2. The first-order valence-corrected chi connectivity index (χ1v) is 7.59. The summed E-state index contributed by atoms with van der Waals surface area (Å²) in [4.78, 5) is 30.9. The summed E-state index contributed by atoms with van der Waals surface area (Å²) < 4.78 is 0. The molecule has 0 bridgehead atoms. The van der Waals surface area contributed by atoms with Crippen LogP contribution in [0.4, 0.5) is 0 Å². The monoisotopic (exact) mass is 289 g/mol. The number of nitrogens with one attached hydrogen (secondary N) is 1. The topological polar surface area (TPSA) is 62.3 Å². The third-order valence-corrected chi connectivity index (χ3v) is 4.18. The van der Waals surface area contributed by atoms with Crippen molar-refractivity contribution < 1.29 is 9.59 Å². The molecule has 114 valence electrons. The lowest BCUT2D eigenvalue weighted by Gasteiger charge is -2.40. The van der Waals surface area contributed by atoms with Gasteiger partial charge in [0, 0.05) is 6.20 Å². The van der Waals surface area contributed by atoms with Crippen LogP contribution in [-0.2, 0) is 16.1 Å². The zero-order valence-corrected chi connectivity index (χ0v) is 12.9. The summed E-state index contributed by atoms with van der Waals surface area (Å²) in [6.45, 7) is 6.33. The largest absolute Gasteiger partial charge is 0.342 e. The second kappa shape index (κ2) is 6.70. The van der Waals surface area contributed by atoms with E-state index in [1.807, 2.05) is 39.0 Å². The second-order valence-electron chi connectivity index (χ2n) is 5.58. The third-order valence-electron chi connectivity index (χ3n) is 4.18. The Morgan fingerprint density at radius 1 is 1.33 bits per heavy atom. The molecule has 1 saturated heterocycles. The van der Waals surface area contributed by atoms with Gasteiger partial charge in [0.15, 0.2) is 0 Å². The molecular formula is C16H23N3O2. The molecule has 1 aliphatic heterocycles. The minimum absolute atomic E-state index is 0.00135. The Hall–Kier alpha value is -1.91. The fourth-order valence-corrected chi connectivity index (χ4v) is 2.67. The summed E-state index contributed by atoms with van der Waals surface area (Å²) in [6, 6.07) is 4.79. The number of nitrogens with zero attached hydrogens (tertiary/aromatic N) is 2. The van der Waals surface area contributed by atoms with Crippen LogP contribution in [0.1, 0.15) is 39.3 Å². The molecule has 1 aromatic heterocycles. The highest BCUT2D eigenvalue weighted by atomic mass is 16.2. The standard InChI is InChI=1S/C16H23N3O2/c1-4-11(3)14-16(21)19(13(5-2)15(20)18-14)10-12-8-6-7-9-17-12/h6-9,11,13-14H,4-5,10H2,1-3H3,(H,18,20).